The van der Waals surface area contributed by atoms with Gasteiger partial charge in [0.1, 0.15) is 6.04 Å². The van der Waals surface area contributed by atoms with Crippen LogP contribution < -0.4 is 5.32 Å². The summed E-state index contributed by atoms with van der Waals surface area (Å²) in [4.78, 5) is 24.2. The summed E-state index contributed by atoms with van der Waals surface area (Å²) < 4.78 is 0. The van der Waals surface area contributed by atoms with E-state index in [0.29, 0.717) is 13.0 Å². The van der Waals surface area contributed by atoms with Gasteiger partial charge < -0.3 is 20.3 Å². The summed E-state index contributed by atoms with van der Waals surface area (Å²) in [5.41, 5.74) is 0. The van der Waals surface area contributed by atoms with E-state index in [0.717, 1.165) is 0 Å². The van der Waals surface area contributed by atoms with Crippen molar-refractivity contribution in [2.45, 2.75) is 46.1 Å². The number of nitrogens with one attached hydrogen (secondary N) is 1. The molecular formula is C10H21BN2O4. The molecular weight excluding hydrogens is 223 g/mol. The molecule has 7 heteroatoms. The molecule has 98 valence electrons. The molecule has 0 aliphatic rings. The molecule has 2 atom stereocenters. The van der Waals surface area contributed by atoms with Crippen molar-refractivity contribution in [1.29, 1.82) is 0 Å². The summed E-state index contributed by atoms with van der Waals surface area (Å²) in [6, 6.07) is -0.666. The number of amides is 2. The van der Waals surface area contributed by atoms with Crippen LogP contribution in [-0.2, 0) is 9.59 Å². The van der Waals surface area contributed by atoms with Crippen molar-refractivity contribution in [3.8, 4) is 0 Å². The van der Waals surface area contributed by atoms with Crippen molar-refractivity contribution >= 4 is 18.9 Å². The van der Waals surface area contributed by atoms with Gasteiger partial charge in [0.25, 0.3) is 0 Å². The van der Waals surface area contributed by atoms with Crippen LogP contribution in [0.3, 0.4) is 0 Å². The number of rotatable bonds is 6. The van der Waals surface area contributed by atoms with Crippen LogP contribution in [0.15, 0.2) is 0 Å². The average Bonchev–Trinajstić information content (AvgIpc) is 2.22. The molecule has 0 bridgehead atoms. The van der Waals surface area contributed by atoms with Gasteiger partial charge in [-0.25, -0.2) is 0 Å². The lowest BCUT2D eigenvalue weighted by molar-refractivity contribution is -0.136. The minimum absolute atomic E-state index is 0.292. The maximum Gasteiger partial charge on any atom is 0.475 e. The van der Waals surface area contributed by atoms with Crippen LogP contribution >= 0.6 is 0 Å². The van der Waals surface area contributed by atoms with Crippen molar-refractivity contribution in [2.75, 3.05) is 6.54 Å². The Kier molecular flexibility index (Phi) is 6.83. The zero-order chi connectivity index (χ0) is 13.6. The van der Waals surface area contributed by atoms with Crippen molar-refractivity contribution in [3.05, 3.63) is 0 Å². The third-order valence-electron chi connectivity index (χ3n) is 2.46. The molecule has 2 amide bonds. The molecule has 1 unspecified atom stereocenters. The van der Waals surface area contributed by atoms with Crippen LogP contribution in [0.4, 0.5) is 0 Å². The molecule has 0 saturated heterocycles. The van der Waals surface area contributed by atoms with Crippen LogP contribution in [0.2, 0.25) is 0 Å². The zero-order valence-electron chi connectivity index (χ0n) is 10.8. The topological polar surface area (TPSA) is 89.9 Å². The second-order valence-electron chi connectivity index (χ2n) is 4.11. The van der Waals surface area contributed by atoms with Crippen LogP contribution in [0.5, 0.6) is 0 Å². The maximum absolute atomic E-state index is 12.0. The van der Waals surface area contributed by atoms with E-state index >= 15 is 0 Å². The van der Waals surface area contributed by atoms with Crippen LogP contribution in [0, 0.1) is 0 Å². The lowest BCUT2D eigenvalue weighted by atomic mass is 9.79. The fraction of sp³-hybridized carbons (Fsp3) is 0.800. The molecule has 0 aliphatic carbocycles. The van der Waals surface area contributed by atoms with Gasteiger partial charge in [-0.05, 0) is 20.3 Å². The van der Waals surface area contributed by atoms with E-state index in [-0.39, 0.29) is 11.8 Å². The molecule has 0 aromatic rings. The molecule has 0 radical (unpaired) electrons. The molecule has 0 aliphatic heterocycles. The summed E-state index contributed by atoms with van der Waals surface area (Å²) >= 11 is 0. The Bertz CT molecular complexity index is 273. The Morgan fingerprint density at radius 3 is 2.24 bits per heavy atom. The van der Waals surface area contributed by atoms with Gasteiger partial charge in [-0.3, -0.25) is 9.59 Å². The van der Waals surface area contributed by atoms with Crippen molar-refractivity contribution < 1.29 is 19.6 Å². The first-order chi connectivity index (χ1) is 7.81. The molecule has 0 aromatic carbocycles. The van der Waals surface area contributed by atoms with Gasteiger partial charge in [0.15, 0.2) is 0 Å². The lowest BCUT2D eigenvalue weighted by Gasteiger charge is -2.30. The molecule has 0 saturated carbocycles. The lowest BCUT2D eigenvalue weighted by Crippen LogP contribution is -2.54. The summed E-state index contributed by atoms with van der Waals surface area (Å²) in [6.45, 7) is 6.77. The normalized spacial score (nSPS) is 13.8. The van der Waals surface area contributed by atoms with E-state index < -0.39 is 19.1 Å². The average molecular weight is 244 g/mol. The third-order valence-corrected chi connectivity index (χ3v) is 2.46. The highest BCUT2D eigenvalue weighted by Gasteiger charge is 2.31. The summed E-state index contributed by atoms with van der Waals surface area (Å²) in [5.74, 6) is -1.30. The van der Waals surface area contributed by atoms with Crippen LogP contribution in [-0.4, -0.2) is 52.4 Å². The second-order valence-corrected chi connectivity index (χ2v) is 4.11. The molecule has 0 spiro atoms. The summed E-state index contributed by atoms with van der Waals surface area (Å²) in [6.07, 6.45) is 0.704. The van der Waals surface area contributed by atoms with Crippen LogP contribution in [0.25, 0.3) is 0 Å². The van der Waals surface area contributed by atoms with E-state index in [1.165, 1.54) is 11.8 Å². The number of carbonyl (C=O) groups is 2. The molecule has 6 nitrogen and oxygen atoms in total. The van der Waals surface area contributed by atoms with Gasteiger partial charge in [-0.15, -0.1) is 0 Å². The predicted octanol–water partition coefficient (Wildman–Crippen LogP) is -0.850. The maximum atomic E-state index is 12.0. The largest absolute Gasteiger partial charge is 0.475 e. The van der Waals surface area contributed by atoms with Gasteiger partial charge in [0.05, 0.1) is 5.94 Å². The Morgan fingerprint density at radius 2 is 1.88 bits per heavy atom. The van der Waals surface area contributed by atoms with E-state index in [1.807, 2.05) is 6.92 Å². The summed E-state index contributed by atoms with van der Waals surface area (Å²) in [7, 11) is -1.59. The number of nitrogens with zero attached hydrogens (tertiary/aromatic N) is 1. The Balaban J connectivity index is 4.69. The number of hydrogen-bond donors (Lipinski definition) is 3. The van der Waals surface area contributed by atoms with Gasteiger partial charge >= 0.3 is 7.12 Å². The fourth-order valence-corrected chi connectivity index (χ4v) is 1.53. The Labute approximate surface area is 102 Å². The molecule has 3 N–H and O–H groups in total. The summed E-state index contributed by atoms with van der Waals surface area (Å²) in [5, 5.41) is 20.7. The first-order valence-corrected chi connectivity index (χ1v) is 5.75. The first-order valence-electron chi connectivity index (χ1n) is 5.75. The SMILES string of the molecule is CCCN(C(=O)[C@H](C)NC(C)=O)C(C)B(O)O. The van der Waals surface area contributed by atoms with E-state index in [1.54, 1.807) is 13.8 Å². The molecule has 17 heavy (non-hydrogen) atoms. The number of carbonyl (C=O) groups excluding carboxylic acids is 2. The smallest absolute Gasteiger partial charge is 0.426 e. The molecule has 0 heterocycles. The number of hydrogen-bond acceptors (Lipinski definition) is 4. The van der Waals surface area contributed by atoms with Gasteiger partial charge in [-0.1, -0.05) is 6.92 Å². The minimum Gasteiger partial charge on any atom is -0.426 e. The highest BCUT2D eigenvalue weighted by molar-refractivity contribution is 6.43. The highest BCUT2D eigenvalue weighted by atomic mass is 16.4. The minimum atomic E-state index is -1.59. The zero-order valence-corrected chi connectivity index (χ0v) is 10.8. The van der Waals surface area contributed by atoms with Gasteiger partial charge in [0, 0.05) is 13.5 Å². The van der Waals surface area contributed by atoms with E-state index in [4.69, 9.17) is 10.0 Å². The molecule has 0 rings (SSSR count). The van der Waals surface area contributed by atoms with Crippen molar-refractivity contribution in [2.24, 2.45) is 0 Å². The molecule has 0 aromatic heterocycles. The Hall–Kier alpha value is -1.08. The van der Waals surface area contributed by atoms with Crippen LogP contribution in [0.1, 0.15) is 34.1 Å². The van der Waals surface area contributed by atoms with Crippen molar-refractivity contribution in [3.63, 3.8) is 0 Å². The Morgan fingerprint density at radius 1 is 1.35 bits per heavy atom. The first kappa shape index (κ1) is 15.9. The second kappa shape index (κ2) is 7.29. The third kappa shape index (κ3) is 5.19. The molecule has 0 fully saturated rings. The quantitative estimate of drug-likeness (QED) is 0.531. The highest BCUT2D eigenvalue weighted by Crippen LogP contribution is 2.05. The van der Waals surface area contributed by atoms with Gasteiger partial charge in [-0.2, -0.15) is 0 Å². The predicted molar refractivity (Wildman–Crippen MR) is 64.9 cm³/mol. The fourth-order valence-electron chi connectivity index (χ4n) is 1.53. The van der Waals surface area contributed by atoms with E-state index in [2.05, 4.69) is 5.32 Å². The monoisotopic (exact) mass is 244 g/mol. The standard InChI is InChI=1S/C10H21BN2O4/c1-5-6-13(8(3)11(16)17)10(15)7(2)12-9(4)14/h7-8,16-17H,5-6H2,1-4H3,(H,12,14)/t7-,8?/m0/s1. The van der Waals surface area contributed by atoms with Gasteiger partial charge in [0.2, 0.25) is 11.8 Å². The van der Waals surface area contributed by atoms with Crippen molar-refractivity contribution in [1.82, 2.24) is 10.2 Å². The van der Waals surface area contributed by atoms with E-state index in [9.17, 15) is 9.59 Å².